The molecular weight excluding hydrogens is 296 g/mol. The second-order valence-electron chi connectivity index (χ2n) is 4.67. The number of halogens is 2. The molecule has 2 aromatic carbocycles. The average Bonchev–Trinajstić information content (AvgIpc) is 2.46. The molecule has 0 bridgehead atoms. The molecule has 116 valence electrons. The summed E-state index contributed by atoms with van der Waals surface area (Å²) >= 11 is 0. The first kappa shape index (κ1) is 15.8. The van der Waals surface area contributed by atoms with Crippen LogP contribution in [0.25, 0.3) is 0 Å². The molecule has 0 aliphatic carbocycles. The predicted octanol–water partition coefficient (Wildman–Crippen LogP) is 3.29. The van der Waals surface area contributed by atoms with Crippen molar-refractivity contribution < 1.29 is 23.5 Å². The molecule has 0 spiro atoms. The third kappa shape index (κ3) is 3.37. The maximum absolute atomic E-state index is 13.5. The molecule has 0 saturated heterocycles. The second kappa shape index (κ2) is 6.48. The van der Waals surface area contributed by atoms with Crippen LogP contribution in [0.1, 0.15) is 17.2 Å². The lowest BCUT2D eigenvalue weighted by Gasteiger charge is -2.14. The Morgan fingerprint density at radius 2 is 2.05 bits per heavy atom. The molecule has 0 aliphatic heterocycles. The Morgan fingerprint density at radius 1 is 1.32 bits per heavy atom. The zero-order chi connectivity index (χ0) is 16.3. The van der Waals surface area contributed by atoms with Gasteiger partial charge in [-0.15, -0.1) is 0 Å². The molecule has 0 aliphatic rings. The van der Waals surface area contributed by atoms with E-state index in [2.05, 4.69) is 0 Å². The topological polar surface area (TPSA) is 72.6 Å². The van der Waals surface area contributed by atoms with Gasteiger partial charge >= 0.3 is 5.69 Å². The number of ether oxygens (including phenoxy) is 1. The number of rotatable bonds is 5. The lowest BCUT2D eigenvalue weighted by Crippen LogP contribution is -2.12. The molecule has 1 atom stereocenters. The van der Waals surface area contributed by atoms with E-state index >= 15 is 0 Å². The van der Waals surface area contributed by atoms with E-state index in [4.69, 9.17) is 4.74 Å². The number of para-hydroxylation sites is 1. The minimum absolute atomic E-state index is 0.0409. The van der Waals surface area contributed by atoms with Crippen LogP contribution in [0, 0.1) is 28.7 Å². The van der Waals surface area contributed by atoms with Crippen molar-refractivity contribution >= 4 is 5.69 Å². The first-order chi connectivity index (χ1) is 10.4. The highest BCUT2D eigenvalue weighted by Crippen LogP contribution is 2.31. The number of hydrogen-bond acceptors (Lipinski definition) is 4. The van der Waals surface area contributed by atoms with Crippen LogP contribution in [0.4, 0.5) is 14.5 Å². The summed E-state index contributed by atoms with van der Waals surface area (Å²) < 4.78 is 31.8. The summed E-state index contributed by atoms with van der Waals surface area (Å²) in [5.74, 6) is -1.52. The number of hydrogen-bond donors (Lipinski definition) is 1. The summed E-state index contributed by atoms with van der Waals surface area (Å²) in [6, 6.07) is 7.16. The van der Waals surface area contributed by atoms with Crippen molar-refractivity contribution in [3.8, 4) is 5.75 Å². The quantitative estimate of drug-likeness (QED) is 0.679. The van der Waals surface area contributed by atoms with E-state index in [0.717, 1.165) is 18.2 Å². The van der Waals surface area contributed by atoms with Gasteiger partial charge < -0.3 is 9.84 Å². The van der Waals surface area contributed by atoms with Crippen molar-refractivity contribution in [1.82, 2.24) is 0 Å². The first-order valence-corrected chi connectivity index (χ1v) is 6.40. The van der Waals surface area contributed by atoms with Gasteiger partial charge in [-0.1, -0.05) is 12.1 Å². The molecule has 22 heavy (non-hydrogen) atoms. The van der Waals surface area contributed by atoms with Crippen molar-refractivity contribution in [2.75, 3.05) is 6.61 Å². The zero-order valence-electron chi connectivity index (χ0n) is 11.6. The van der Waals surface area contributed by atoms with Crippen LogP contribution < -0.4 is 4.74 Å². The highest BCUT2D eigenvalue weighted by molar-refractivity contribution is 5.52. The Bertz CT molecular complexity index is 706. The fourth-order valence-electron chi connectivity index (χ4n) is 2.01. The van der Waals surface area contributed by atoms with E-state index in [1.807, 2.05) is 0 Å². The summed E-state index contributed by atoms with van der Waals surface area (Å²) in [6.45, 7) is 1.11. The van der Waals surface area contributed by atoms with Gasteiger partial charge in [0, 0.05) is 11.1 Å². The van der Waals surface area contributed by atoms with Crippen molar-refractivity contribution in [3.05, 3.63) is 69.3 Å². The normalized spacial score (nSPS) is 12.0. The monoisotopic (exact) mass is 309 g/mol. The van der Waals surface area contributed by atoms with Gasteiger partial charge in [-0.25, -0.2) is 8.78 Å². The Balaban J connectivity index is 2.18. The summed E-state index contributed by atoms with van der Waals surface area (Å²) in [4.78, 5) is 10.4. The molecule has 0 amide bonds. The van der Waals surface area contributed by atoms with Gasteiger partial charge in [0.05, 0.1) is 4.92 Å². The molecule has 0 radical (unpaired) electrons. The van der Waals surface area contributed by atoms with Crippen LogP contribution in [0.15, 0.2) is 36.4 Å². The summed E-state index contributed by atoms with van der Waals surface area (Å²) in [5, 5.41) is 20.9. The molecule has 1 N–H and O–H groups in total. The highest BCUT2D eigenvalue weighted by Gasteiger charge is 2.20. The number of benzene rings is 2. The van der Waals surface area contributed by atoms with E-state index < -0.39 is 29.3 Å². The van der Waals surface area contributed by atoms with Crippen LogP contribution in [0.5, 0.6) is 5.75 Å². The van der Waals surface area contributed by atoms with E-state index in [9.17, 15) is 24.0 Å². The van der Waals surface area contributed by atoms with Crippen molar-refractivity contribution in [2.24, 2.45) is 0 Å². The Kier molecular flexibility index (Phi) is 4.67. The smallest absolute Gasteiger partial charge is 0.313 e. The fourth-order valence-corrected chi connectivity index (χ4v) is 2.01. The fraction of sp³-hybridized carbons (Fsp3) is 0.200. The maximum atomic E-state index is 13.5. The molecule has 0 heterocycles. The lowest BCUT2D eigenvalue weighted by atomic mass is 10.1. The zero-order valence-corrected chi connectivity index (χ0v) is 11.6. The van der Waals surface area contributed by atoms with Crippen LogP contribution >= 0.6 is 0 Å². The minimum atomic E-state index is -1.45. The number of nitro groups is 1. The number of aliphatic hydroxyl groups excluding tert-OH is 1. The molecule has 0 saturated carbocycles. The number of nitrogens with zero attached hydrogens (tertiary/aromatic N) is 1. The first-order valence-electron chi connectivity index (χ1n) is 6.40. The van der Waals surface area contributed by atoms with Gasteiger partial charge in [-0.3, -0.25) is 10.1 Å². The number of aryl methyl sites for hydroxylation is 1. The number of aliphatic hydroxyl groups is 1. The summed E-state index contributed by atoms with van der Waals surface area (Å²) in [5.41, 5.74) is -0.0985. The molecule has 0 aromatic heterocycles. The van der Waals surface area contributed by atoms with E-state index in [0.29, 0.717) is 5.56 Å². The molecule has 2 rings (SSSR count). The average molecular weight is 309 g/mol. The van der Waals surface area contributed by atoms with Crippen molar-refractivity contribution in [2.45, 2.75) is 13.0 Å². The number of nitro benzene ring substituents is 1. The van der Waals surface area contributed by atoms with Gasteiger partial charge in [-0.2, -0.15) is 0 Å². The second-order valence-corrected chi connectivity index (χ2v) is 4.67. The lowest BCUT2D eigenvalue weighted by molar-refractivity contribution is -0.386. The Hall–Kier alpha value is -2.54. The van der Waals surface area contributed by atoms with Crippen LogP contribution in [0.2, 0.25) is 0 Å². The third-order valence-electron chi connectivity index (χ3n) is 3.10. The molecule has 0 fully saturated rings. The summed E-state index contributed by atoms with van der Waals surface area (Å²) in [6.07, 6.45) is -1.45. The molecule has 1 unspecified atom stereocenters. The van der Waals surface area contributed by atoms with Crippen molar-refractivity contribution in [1.29, 1.82) is 0 Å². The highest BCUT2D eigenvalue weighted by atomic mass is 19.1. The van der Waals surface area contributed by atoms with E-state index in [-0.39, 0.29) is 17.0 Å². The van der Waals surface area contributed by atoms with Crippen LogP contribution in [0.3, 0.4) is 0 Å². The largest absolute Gasteiger partial charge is 0.484 e. The van der Waals surface area contributed by atoms with Gasteiger partial charge in [0.1, 0.15) is 24.3 Å². The standard InChI is InChI=1S/C15H13F2NO4/c1-9-3-2-4-14(15(9)18(20)21)22-8-13(19)11-7-10(16)5-6-12(11)17/h2-7,13,19H,8H2,1H3. The van der Waals surface area contributed by atoms with Crippen molar-refractivity contribution in [3.63, 3.8) is 0 Å². The maximum Gasteiger partial charge on any atom is 0.313 e. The van der Waals surface area contributed by atoms with Gasteiger partial charge in [-0.05, 0) is 31.2 Å². The van der Waals surface area contributed by atoms with Gasteiger partial charge in [0.25, 0.3) is 0 Å². The van der Waals surface area contributed by atoms with Crippen LogP contribution in [-0.2, 0) is 0 Å². The Morgan fingerprint density at radius 3 is 2.73 bits per heavy atom. The third-order valence-corrected chi connectivity index (χ3v) is 3.10. The predicted molar refractivity (Wildman–Crippen MR) is 74.6 cm³/mol. The van der Waals surface area contributed by atoms with Crippen LogP contribution in [-0.4, -0.2) is 16.6 Å². The molecule has 7 heteroatoms. The Labute approximate surface area is 124 Å². The van der Waals surface area contributed by atoms with Gasteiger partial charge in [0.2, 0.25) is 0 Å². The summed E-state index contributed by atoms with van der Waals surface area (Å²) in [7, 11) is 0. The molecular formula is C15H13F2NO4. The van der Waals surface area contributed by atoms with E-state index in [1.165, 1.54) is 6.07 Å². The van der Waals surface area contributed by atoms with Gasteiger partial charge in [0.15, 0.2) is 5.75 Å². The minimum Gasteiger partial charge on any atom is -0.484 e. The van der Waals surface area contributed by atoms with E-state index in [1.54, 1.807) is 19.1 Å². The molecule has 5 nitrogen and oxygen atoms in total. The SMILES string of the molecule is Cc1cccc(OCC(O)c2cc(F)ccc2F)c1[N+](=O)[O-]. The molecule has 2 aromatic rings.